The van der Waals surface area contributed by atoms with E-state index >= 15 is 0 Å². The lowest BCUT2D eigenvalue weighted by atomic mass is 10.2. The minimum atomic E-state index is 0.718. The van der Waals surface area contributed by atoms with Gasteiger partial charge in [0.25, 0.3) is 0 Å². The highest BCUT2D eigenvalue weighted by atomic mass is 32.1. The van der Waals surface area contributed by atoms with Crippen LogP contribution in [0.5, 0.6) is 0 Å². The summed E-state index contributed by atoms with van der Waals surface area (Å²) in [7, 11) is 1.88. The summed E-state index contributed by atoms with van der Waals surface area (Å²) in [6.45, 7) is 6.13. The van der Waals surface area contributed by atoms with Crippen molar-refractivity contribution < 1.29 is 0 Å². The van der Waals surface area contributed by atoms with Gasteiger partial charge in [0, 0.05) is 29.4 Å². The van der Waals surface area contributed by atoms with Crippen LogP contribution in [-0.4, -0.2) is 22.0 Å². The predicted molar refractivity (Wildman–Crippen MR) is 71.5 cm³/mol. The third-order valence-corrected chi connectivity index (χ3v) is 3.58. The molecule has 0 spiro atoms. The number of hydrogen-bond acceptors (Lipinski definition) is 5. The van der Waals surface area contributed by atoms with Crippen LogP contribution in [0.1, 0.15) is 23.9 Å². The molecule has 0 aliphatic carbocycles. The molecule has 17 heavy (non-hydrogen) atoms. The van der Waals surface area contributed by atoms with Crippen LogP contribution in [-0.2, 0) is 6.42 Å². The van der Waals surface area contributed by atoms with Gasteiger partial charge in [0.15, 0.2) is 10.8 Å². The third-order valence-electron chi connectivity index (χ3n) is 2.63. The van der Waals surface area contributed by atoms with Crippen LogP contribution in [0.4, 0.5) is 5.82 Å². The zero-order chi connectivity index (χ0) is 12.4. The van der Waals surface area contributed by atoms with E-state index in [0.29, 0.717) is 0 Å². The lowest BCUT2D eigenvalue weighted by Gasteiger charge is -2.09. The van der Waals surface area contributed by atoms with Crippen LogP contribution in [0.15, 0.2) is 5.38 Å². The Hall–Kier alpha value is -1.49. The molecule has 2 aromatic heterocycles. The Morgan fingerprint density at radius 1 is 1.24 bits per heavy atom. The molecule has 0 bridgehead atoms. The highest BCUT2D eigenvalue weighted by molar-refractivity contribution is 7.13. The van der Waals surface area contributed by atoms with E-state index in [0.717, 1.165) is 40.0 Å². The van der Waals surface area contributed by atoms with E-state index in [1.54, 1.807) is 11.3 Å². The monoisotopic (exact) mass is 248 g/mol. The fourth-order valence-electron chi connectivity index (χ4n) is 1.70. The van der Waals surface area contributed by atoms with E-state index in [-0.39, 0.29) is 0 Å². The molecule has 0 aromatic carbocycles. The summed E-state index contributed by atoms with van der Waals surface area (Å²) >= 11 is 1.58. The molecule has 0 unspecified atom stereocenters. The fourth-order valence-corrected chi connectivity index (χ4v) is 2.43. The molecule has 90 valence electrons. The molecule has 0 fully saturated rings. The smallest absolute Gasteiger partial charge is 0.190 e. The van der Waals surface area contributed by atoms with Crippen molar-refractivity contribution in [3.05, 3.63) is 22.3 Å². The quantitative estimate of drug-likeness (QED) is 0.907. The molecule has 0 saturated heterocycles. The minimum absolute atomic E-state index is 0.718. The van der Waals surface area contributed by atoms with Crippen LogP contribution in [0, 0.1) is 13.8 Å². The highest BCUT2D eigenvalue weighted by Crippen LogP contribution is 2.24. The Kier molecular flexibility index (Phi) is 3.38. The lowest BCUT2D eigenvalue weighted by Crippen LogP contribution is -2.04. The summed E-state index contributed by atoms with van der Waals surface area (Å²) in [5.74, 6) is 1.61. The van der Waals surface area contributed by atoms with Crippen molar-refractivity contribution in [1.29, 1.82) is 0 Å². The van der Waals surface area contributed by atoms with Crippen molar-refractivity contribution in [2.24, 2.45) is 0 Å². The second-order valence-electron chi connectivity index (χ2n) is 3.87. The summed E-state index contributed by atoms with van der Waals surface area (Å²) < 4.78 is 0. The fraction of sp³-hybridized carbons (Fsp3) is 0.417. The van der Waals surface area contributed by atoms with Gasteiger partial charge in [0.2, 0.25) is 0 Å². The zero-order valence-corrected chi connectivity index (χ0v) is 11.4. The topological polar surface area (TPSA) is 50.7 Å². The number of thiazole rings is 1. The van der Waals surface area contributed by atoms with E-state index in [9.17, 15) is 0 Å². The van der Waals surface area contributed by atoms with Crippen molar-refractivity contribution in [3.8, 4) is 10.8 Å². The molecule has 0 saturated carbocycles. The maximum absolute atomic E-state index is 4.58. The molecular weight excluding hydrogens is 232 g/mol. The van der Waals surface area contributed by atoms with Crippen molar-refractivity contribution in [2.75, 3.05) is 12.4 Å². The van der Waals surface area contributed by atoms with Gasteiger partial charge in [0.05, 0.1) is 0 Å². The molecule has 0 amide bonds. The van der Waals surface area contributed by atoms with E-state index in [4.69, 9.17) is 0 Å². The zero-order valence-electron chi connectivity index (χ0n) is 10.5. The van der Waals surface area contributed by atoms with Gasteiger partial charge in [-0.3, -0.25) is 0 Å². The maximum atomic E-state index is 4.58. The second-order valence-corrected chi connectivity index (χ2v) is 4.72. The average Bonchev–Trinajstić information content (AvgIpc) is 2.76. The van der Waals surface area contributed by atoms with Crippen molar-refractivity contribution in [2.45, 2.75) is 27.2 Å². The Balaban J connectivity index is 2.55. The van der Waals surface area contributed by atoms with Gasteiger partial charge in [-0.15, -0.1) is 11.3 Å². The Labute approximate surface area is 105 Å². The van der Waals surface area contributed by atoms with Crippen molar-refractivity contribution in [3.63, 3.8) is 0 Å². The molecule has 0 radical (unpaired) electrons. The molecule has 0 atom stereocenters. The molecule has 2 rings (SSSR count). The molecule has 5 heteroatoms. The van der Waals surface area contributed by atoms with E-state index in [1.165, 1.54) is 0 Å². The first kappa shape index (κ1) is 12.0. The Morgan fingerprint density at radius 2 is 2.00 bits per heavy atom. The average molecular weight is 248 g/mol. The van der Waals surface area contributed by atoms with Gasteiger partial charge in [-0.2, -0.15) is 0 Å². The number of aryl methyl sites for hydroxylation is 2. The normalized spacial score (nSPS) is 10.6. The van der Waals surface area contributed by atoms with Crippen molar-refractivity contribution >= 4 is 17.2 Å². The van der Waals surface area contributed by atoms with E-state index < -0.39 is 0 Å². The predicted octanol–water partition coefficient (Wildman–Crippen LogP) is 2.82. The van der Waals surface area contributed by atoms with Crippen LogP contribution in [0.3, 0.4) is 0 Å². The largest absolute Gasteiger partial charge is 0.373 e. The molecule has 2 aromatic rings. The number of anilines is 1. The lowest BCUT2D eigenvalue weighted by molar-refractivity contribution is 0.974. The molecule has 1 N–H and O–H groups in total. The number of aromatic nitrogens is 3. The first-order valence-corrected chi connectivity index (χ1v) is 6.51. The van der Waals surface area contributed by atoms with Gasteiger partial charge in [0.1, 0.15) is 5.82 Å². The Bertz CT molecular complexity index is 508. The van der Waals surface area contributed by atoms with Gasteiger partial charge in [-0.1, -0.05) is 6.92 Å². The number of hydrogen-bond donors (Lipinski definition) is 1. The number of nitrogens with one attached hydrogen (secondary N) is 1. The second kappa shape index (κ2) is 4.79. The van der Waals surface area contributed by atoms with E-state index in [1.807, 2.05) is 26.3 Å². The van der Waals surface area contributed by atoms with Crippen LogP contribution >= 0.6 is 11.3 Å². The number of rotatable bonds is 3. The first-order valence-electron chi connectivity index (χ1n) is 5.63. The van der Waals surface area contributed by atoms with Crippen molar-refractivity contribution in [1.82, 2.24) is 15.0 Å². The van der Waals surface area contributed by atoms with Gasteiger partial charge in [-0.25, -0.2) is 15.0 Å². The molecular formula is C12H16N4S. The summed E-state index contributed by atoms with van der Waals surface area (Å²) in [5, 5.41) is 6.01. The summed E-state index contributed by atoms with van der Waals surface area (Å²) in [4.78, 5) is 13.5. The maximum Gasteiger partial charge on any atom is 0.190 e. The van der Waals surface area contributed by atoms with Crippen LogP contribution in [0.25, 0.3) is 10.8 Å². The SMILES string of the molecule is CCc1nc(-c2nc(C)cs2)nc(NC)c1C. The summed E-state index contributed by atoms with van der Waals surface area (Å²) in [5.41, 5.74) is 3.21. The first-order chi connectivity index (χ1) is 8.15. The highest BCUT2D eigenvalue weighted by Gasteiger charge is 2.12. The van der Waals surface area contributed by atoms with Gasteiger partial charge in [-0.05, 0) is 20.3 Å². The third kappa shape index (κ3) is 2.29. The molecule has 0 aliphatic heterocycles. The van der Waals surface area contributed by atoms with Gasteiger partial charge < -0.3 is 5.32 Å². The standard InChI is InChI=1S/C12H16N4S/c1-5-9-8(3)10(13-4)16-11(15-9)12-14-7(2)6-17-12/h6H,5H2,1-4H3,(H,13,15,16). The molecule has 0 aliphatic rings. The minimum Gasteiger partial charge on any atom is -0.373 e. The van der Waals surface area contributed by atoms with Gasteiger partial charge >= 0.3 is 0 Å². The molecule has 2 heterocycles. The molecule has 4 nitrogen and oxygen atoms in total. The Morgan fingerprint density at radius 3 is 2.53 bits per heavy atom. The van der Waals surface area contributed by atoms with Crippen LogP contribution in [0.2, 0.25) is 0 Å². The summed E-state index contributed by atoms with van der Waals surface area (Å²) in [6.07, 6.45) is 0.903. The van der Waals surface area contributed by atoms with E-state index in [2.05, 4.69) is 27.2 Å². The van der Waals surface area contributed by atoms with Crippen LogP contribution < -0.4 is 5.32 Å². The number of nitrogens with zero attached hydrogens (tertiary/aromatic N) is 3. The summed E-state index contributed by atoms with van der Waals surface area (Å²) in [6, 6.07) is 0.